The molecule has 0 radical (unpaired) electrons. The summed E-state index contributed by atoms with van der Waals surface area (Å²) < 4.78 is 44.4. The maximum Gasteiger partial charge on any atom is 0.340 e. The third-order valence-electron chi connectivity index (χ3n) is 5.24. The fraction of sp³-hybridized carbons (Fsp3) is 0.200. The smallest absolute Gasteiger partial charge is 0.340 e. The van der Waals surface area contributed by atoms with Gasteiger partial charge in [-0.25, -0.2) is 13.2 Å². The van der Waals surface area contributed by atoms with E-state index < -0.39 is 22.6 Å². The summed E-state index contributed by atoms with van der Waals surface area (Å²) in [5.74, 6) is -0.377. The van der Waals surface area contributed by atoms with E-state index in [1.807, 2.05) is 19.1 Å². The molecule has 1 aliphatic rings. The van der Waals surface area contributed by atoms with Crippen molar-refractivity contribution in [1.29, 1.82) is 0 Å². The van der Waals surface area contributed by atoms with Crippen molar-refractivity contribution < 1.29 is 32.2 Å². The monoisotopic (exact) mass is 481 g/mol. The second-order valence-electron chi connectivity index (χ2n) is 7.77. The third kappa shape index (κ3) is 5.04. The van der Waals surface area contributed by atoms with Crippen LogP contribution in [0.3, 0.4) is 0 Å². The highest BCUT2D eigenvalue weighted by Gasteiger charge is 2.23. The van der Waals surface area contributed by atoms with E-state index in [1.54, 1.807) is 25.1 Å². The number of benzene rings is 3. The summed E-state index contributed by atoms with van der Waals surface area (Å²) in [5.41, 5.74) is 2.18. The SMILES string of the molecule is Cc1ccc(C)c(C(=O)COC(=O)c2ccccc2NS(=O)(=O)c2ccc3c(c2)OCCO3)c1. The molecule has 1 N–H and O–H groups in total. The molecule has 0 amide bonds. The van der Waals surface area contributed by atoms with Crippen molar-refractivity contribution in [1.82, 2.24) is 0 Å². The van der Waals surface area contributed by atoms with Crippen LogP contribution in [0.1, 0.15) is 31.8 Å². The van der Waals surface area contributed by atoms with Gasteiger partial charge in [-0.3, -0.25) is 9.52 Å². The summed E-state index contributed by atoms with van der Waals surface area (Å²) in [7, 11) is -4.05. The highest BCUT2D eigenvalue weighted by atomic mass is 32.2. The Morgan fingerprint density at radius 1 is 0.912 bits per heavy atom. The van der Waals surface area contributed by atoms with Gasteiger partial charge in [-0.15, -0.1) is 0 Å². The zero-order valence-corrected chi connectivity index (χ0v) is 19.5. The highest BCUT2D eigenvalue weighted by Crippen LogP contribution is 2.33. The molecule has 0 unspecified atom stereocenters. The molecule has 0 atom stereocenters. The summed E-state index contributed by atoms with van der Waals surface area (Å²) in [6.45, 7) is 3.91. The number of fused-ring (bicyclic) bond motifs is 1. The van der Waals surface area contributed by atoms with Crippen LogP contribution in [0.4, 0.5) is 5.69 Å². The maximum absolute atomic E-state index is 13.0. The summed E-state index contributed by atoms with van der Waals surface area (Å²) >= 11 is 0. The number of anilines is 1. The minimum absolute atomic E-state index is 0.0163. The van der Waals surface area contributed by atoms with Crippen molar-refractivity contribution in [3.05, 3.63) is 82.9 Å². The van der Waals surface area contributed by atoms with Crippen molar-refractivity contribution in [3.63, 3.8) is 0 Å². The number of para-hydroxylation sites is 1. The molecule has 3 aromatic rings. The zero-order valence-electron chi connectivity index (χ0n) is 18.7. The van der Waals surface area contributed by atoms with Gasteiger partial charge in [0.25, 0.3) is 10.0 Å². The number of sulfonamides is 1. The quantitative estimate of drug-likeness (QED) is 0.403. The lowest BCUT2D eigenvalue weighted by molar-refractivity contribution is 0.0475. The fourth-order valence-electron chi connectivity index (χ4n) is 3.47. The third-order valence-corrected chi connectivity index (χ3v) is 6.61. The van der Waals surface area contributed by atoms with E-state index in [2.05, 4.69) is 4.72 Å². The molecular formula is C25H23NO7S. The summed E-state index contributed by atoms with van der Waals surface area (Å²) in [4.78, 5) is 25.2. The van der Waals surface area contributed by atoms with E-state index in [4.69, 9.17) is 14.2 Å². The molecule has 0 spiro atoms. The van der Waals surface area contributed by atoms with Crippen LogP contribution >= 0.6 is 0 Å². The molecule has 0 saturated heterocycles. The Balaban J connectivity index is 1.50. The van der Waals surface area contributed by atoms with Crippen LogP contribution in [0.2, 0.25) is 0 Å². The first kappa shape index (κ1) is 23.3. The lowest BCUT2D eigenvalue weighted by Gasteiger charge is -2.19. The first-order chi connectivity index (χ1) is 16.2. The van der Waals surface area contributed by atoms with Crippen molar-refractivity contribution >= 4 is 27.5 Å². The first-order valence-electron chi connectivity index (χ1n) is 10.5. The van der Waals surface area contributed by atoms with Gasteiger partial charge in [-0.2, -0.15) is 0 Å². The molecular weight excluding hydrogens is 458 g/mol. The van der Waals surface area contributed by atoms with E-state index in [0.29, 0.717) is 30.3 Å². The van der Waals surface area contributed by atoms with Gasteiger partial charge in [-0.05, 0) is 49.7 Å². The Bertz CT molecular complexity index is 1370. The van der Waals surface area contributed by atoms with Crippen molar-refractivity contribution in [2.75, 3.05) is 24.5 Å². The number of hydrogen-bond acceptors (Lipinski definition) is 7. The number of Topliss-reactive ketones (excluding diaryl/α,β-unsaturated/α-hetero) is 1. The number of nitrogens with one attached hydrogen (secondary N) is 1. The molecule has 1 heterocycles. The Kier molecular flexibility index (Phi) is 6.56. The first-order valence-corrected chi connectivity index (χ1v) is 12.0. The van der Waals surface area contributed by atoms with Gasteiger partial charge in [0.15, 0.2) is 18.1 Å². The maximum atomic E-state index is 13.0. The van der Waals surface area contributed by atoms with Gasteiger partial charge < -0.3 is 14.2 Å². The van der Waals surface area contributed by atoms with Crippen molar-refractivity contribution in [3.8, 4) is 11.5 Å². The molecule has 9 heteroatoms. The van der Waals surface area contributed by atoms with Gasteiger partial charge in [0.1, 0.15) is 13.2 Å². The predicted octanol–water partition coefficient (Wildman–Crippen LogP) is 3.92. The Morgan fingerprint density at radius 2 is 1.65 bits per heavy atom. The minimum atomic E-state index is -4.05. The van der Waals surface area contributed by atoms with Crippen molar-refractivity contribution in [2.24, 2.45) is 0 Å². The standard InChI is InChI=1S/C25H23NO7S/c1-16-7-8-17(2)20(13-16)22(27)15-33-25(28)19-5-3-4-6-21(19)26-34(29,30)18-9-10-23-24(14-18)32-12-11-31-23/h3-10,13-14,26H,11-12,15H2,1-2H3. The lowest BCUT2D eigenvalue weighted by Crippen LogP contribution is -2.19. The molecule has 0 bridgehead atoms. The lowest BCUT2D eigenvalue weighted by atomic mass is 10.0. The van der Waals surface area contributed by atoms with E-state index in [1.165, 1.54) is 30.3 Å². The average Bonchev–Trinajstić information content (AvgIpc) is 2.83. The summed E-state index contributed by atoms with van der Waals surface area (Å²) in [5, 5.41) is 0. The van der Waals surface area contributed by atoms with Crippen LogP contribution in [0.5, 0.6) is 11.5 Å². The molecule has 4 rings (SSSR count). The number of carbonyl (C=O) groups is 2. The second kappa shape index (κ2) is 9.56. The van der Waals surface area contributed by atoms with Crippen LogP contribution in [-0.4, -0.2) is 40.0 Å². The van der Waals surface area contributed by atoms with Crippen LogP contribution < -0.4 is 14.2 Å². The van der Waals surface area contributed by atoms with E-state index >= 15 is 0 Å². The molecule has 0 aromatic heterocycles. The van der Waals surface area contributed by atoms with Gasteiger partial charge in [0.05, 0.1) is 16.1 Å². The second-order valence-corrected chi connectivity index (χ2v) is 9.46. The molecule has 1 aliphatic heterocycles. The minimum Gasteiger partial charge on any atom is -0.486 e. The van der Waals surface area contributed by atoms with Gasteiger partial charge in [-0.1, -0.05) is 29.8 Å². The average molecular weight is 482 g/mol. The number of aryl methyl sites for hydroxylation is 2. The largest absolute Gasteiger partial charge is 0.486 e. The van der Waals surface area contributed by atoms with Crippen molar-refractivity contribution in [2.45, 2.75) is 18.7 Å². The number of ether oxygens (including phenoxy) is 3. The predicted molar refractivity (Wildman–Crippen MR) is 125 cm³/mol. The number of hydrogen-bond donors (Lipinski definition) is 1. The normalized spacial score (nSPS) is 12.6. The Hall–Kier alpha value is -3.85. The molecule has 0 saturated carbocycles. The topological polar surface area (TPSA) is 108 Å². The molecule has 8 nitrogen and oxygen atoms in total. The van der Waals surface area contributed by atoms with Gasteiger partial charge in [0.2, 0.25) is 5.78 Å². The van der Waals surface area contributed by atoms with Crippen LogP contribution in [0.25, 0.3) is 0 Å². The molecule has 0 fully saturated rings. The number of esters is 1. The number of carbonyl (C=O) groups excluding carboxylic acids is 2. The molecule has 34 heavy (non-hydrogen) atoms. The van der Waals surface area contributed by atoms with E-state index in [-0.39, 0.29) is 21.9 Å². The number of rotatable bonds is 7. The van der Waals surface area contributed by atoms with Gasteiger partial charge in [0, 0.05) is 11.6 Å². The fourth-order valence-corrected chi connectivity index (χ4v) is 4.56. The van der Waals surface area contributed by atoms with E-state index in [9.17, 15) is 18.0 Å². The molecule has 176 valence electrons. The van der Waals surface area contributed by atoms with Crippen LogP contribution in [-0.2, 0) is 14.8 Å². The van der Waals surface area contributed by atoms with Crippen LogP contribution in [0, 0.1) is 13.8 Å². The number of ketones is 1. The summed E-state index contributed by atoms with van der Waals surface area (Å²) in [6, 6.07) is 15.7. The van der Waals surface area contributed by atoms with E-state index in [0.717, 1.165) is 11.1 Å². The summed E-state index contributed by atoms with van der Waals surface area (Å²) in [6.07, 6.45) is 0. The highest BCUT2D eigenvalue weighted by molar-refractivity contribution is 7.92. The van der Waals surface area contributed by atoms with Crippen LogP contribution in [0.15, 0.2) is 65.6 Å². The Labute approximate surface area is 197 Å². The molecule has 0 aliphatic carbocycles. The zero-order chi connectivity index (χ0) is 24.3. The molecule has 3 aromatic carbocycles. The Morgan fingerprint density at radius 3 is 2.44 bits per heavy atom. The van der Waals surface area contributed by atoms with Gasteiger partial charge >= 0.3 is 5.97 Å².